The molecular formula is C34H24N2. The fraction of sp³-hybridized carbons (Fsp3) is 0. The summed E-state index contributed by atoms with van der Waals surface area (Å²) in [5.41, 5.74) is 12.0. The molecule has 0 spiro atoms. The number of hydrogen-bond donors (Lipinski definition) is 0. The zero-order valence-corrected chi connectivity index (χ0v) is 19.8. The van der Waals surface area contributed by atoms with E-state index in [9.17, 15) is 0 Å². The first-order valence-electron chi connectivity index (χ1n) is 12.1. The van der Waals surface area contributed by atoms with Crippen LogP contribution in [0.3, 0.4) is 0 Å². The van der Waals surface area contributed by atoms with Gasteiger partial charge in [0.15, 0.2) is 0 Å². The van der Waals surface area contributed by atoms with Crippen LogP contribution >= 0.6 is 0 Å². The first-order valence-corrected chi connectivity index (χ1v) is 12.1. The van der Waals surface area contributed by atoms with Crippen LogP contribution in [0.2, 0.25) is 0 Å². The second-order valence-electron chi connectivity index (χ2n) is 8.78. The highest BCUT2D eigenvalue weighted by Gasteiger charge is 2.04. The number of aromatic nitrogens is 2. The Labute approximate surface area is 211 Å². The van der Waals surface area contributed by atoms with E-state index in [2.05, 4.69) is 107 Å². The van der Waals surface area contributed by atoms with Gasteiger partial charge in [0.05, 0.1) is 0 Å². The van der Waals surface area contributed by atoms with Gasteiger partial charge < -0.3 is 0 Å². The molecule has 0 atom stereocenters. The summed E-state index contributed by atoms with van der Waals surface area (Å²) in [5.74, 6) is 0. The smallest absolute Gasteiger partial charge is 0.0273 e. The van der Waals surface area contributed by atoms with Gasteiger partial charge in [-0.05, 0) is 79.9 Å². The van der Waals surface area contributed by atoms with Gasteiger partial charge in [-0.2, -0.15) is 0 Å². The van der Waals surface area contributed by atoms with Crippen LogP contribution in [0.4, 0.5) is 0 Å². The molecule has 2 heterocycles. The Balaban J connectivity index is 1.17. The number of rotatable bonds is 5. The van der Waals surface area contributed by atoms with Gasteiger partial charge in [0.1, 0.15) is 0 Å². The molecule has 6 rings (SSSR count). The monoisotopic (exact) mass is 460 g/mol. The molecule has 0 saturated carbocycles. The number of nitrogens with zero attached hydrogens (tertiary/aromatic N) is 2. The number of pyridine rings is 2. The van der Waals surface area contributed by atoms with E-state index in [1.54, 1.807) is 0 Å². The van der Waals surface area contributed by atoms with Crippen LogP contribution in [0.25, 0.3) is 55.6 Å². The summed E-state index contributed by atoms with van der Waals surface area (Å²) in [6.07, 6.45) is 7.31. The molecule has 0 saturated heterocycles. The minimum absolute atomic E-state index is 1.18. The minimum Gasteiger partial charge on any atom is -0.265 e. The van der Waals surface area contributed by atoms with Crippen LogP contribution in [0.5, 0.6) is 0 Å². The van der Waals surface area contributed by atoms with Gasteiger partial charge in [0.25, 0.3) is 0 Å². The van der Waals surface area contributed by atoms with Crippen molar-refractivity contribution in [3.05, 3.63) is 146 Å². The van der Waals surface area contributed by atoms with Crippen molar-refractivity contribution in [2.75, 3.05) is 0 Å². The predicted octanol–water partition coefficient (Wildman–Crippen LogP) is 8.81. The Kier molecular flexibility index (Phi) is 5.91. The first kappa shape index (κ1) is 21.7. The molecule has 0 unspecified atom stereocenters. The standard InChI is InChI=1S/C34H24N2/c1-5-27(29-9-13-31(14-10-29)33-17-21-35-22-18-33)6-2-25(1)26-3-7-28(8-4-26)30-11-15-32(16-12-30)34-19-23-36-24-20-34/h1-24H. The third kappa shape index (κ3) is 4.57. The summed E-state index contributed by atoms with van der Waals surface area (Å²) in [6, 6.07) is 43.1. The highest BCUT2D eigenvalue weighted by molar-refractivity contribution is 5.75. The average molecular weight is 461 g/mol. The molecule has 0 fully saturated rings. The van der Waals surface area contributed by atoms with Gasteiger partial charge in [-0.25, -0.2) is 0 Å². The molecule has 0 amide bonds. The quantitative estimate of drug-likeness (QED) is 0.257. The lowest BCUT2D eigenvalue weighted by atomic mass is 9.96. The van der Waals surface area contributed by atoms with E-state index in [1.165, 1.54) is 55.6 Å². The Morgan fingerprint density at radius 3 is 0.500 bits per heavy atom. The second kappa shape index (κ2) is 9.81. The Morgan fingerprint density at radius 1 is 0.194 bits per heavy atom. The fourth-order valence-electron chi connectivity index (χ4n) is 4.51. The predicted molar refractivity (Wildman–Crippen MR) is 149 cm³/mol. The van der Waals surface area contributed by atoms with Crippen molar-refractivity contribution in [1.82, 2.24) is 9.97 Å². The van der Waals surface area contributed by atoms with Crippen LogP contribution in [-0.4, -0.2) is 9.97 Å². The summed E-state index contributed by atoms with van der Waals surface area (Å²) >= 11 is 0. The van der Waals surface area contributed by atoms with Gasteiger partial charge in [-0.1, -0.05) is 97.1 Å². The molecule has 0 aliphatic rings. The maximum Gasteiger partial charge on any atom is 0.0273 e. The molecule has 2 nitrogen and oxygen atoms in total. The molecule has 0 radical (unpaired) electrons. The summed E-state index contributed by atoms with van der Waals surface area (Å²) < 4.78 is 0. The van der Waals surface area contributed by atoms with Gasteiger partial charge in [0.2, 0.25) is 0 Å². The summed E-state index contributed by atoms with van der Waals surface area (Å²) in [7, 11) is 0. The third-order valence-corrected chi connectivity index (χ3v) is 6.57. The third-order valence-electron chi connectivity index (χ3n) is 6.57. The SMILES string of the molecule is c1cc(-c2ccc(-c3ccc(-c4ccc(-c5ccc(-c6ccncc6)cc5)cc4)cc3)cc2)ccn1. The minimum atomic E-state index is 1.18. The van der Waals surface area contributed by atoms with Crippen LogP contribution in [0.1, 0.15) is 0 Å². The van der Waals surface area contributed by atoms with Gasteiger partial charge in [-0.3, -0.25) is 9.97 Å². The highest BCUT2D eigenvalue weighted by atomic mass is 14.6. The van der Waals surface area contributed by atoms with Crippen molar-refractivity contribution in [2.45, 2.75) is 0 Å². The van der Waals surface area contributed by atoms with Crippen LogP contribution in [-0.2, 0) is 0 Å². The van der Waals surface area contributed by atoms with E-state index in [1.807, 2.05) is 49.1 Å². The van der Waals surface area contributed by atoms with E-state index in [4.69, 9.17) is 0 Å². The Morgan fingerprint density at radius 2 is 0.333 bits per heavy atom. The van der Waals surface area contributed by atoms with E-state index in [0.29, 0.717) is 0 Å². The normalized spacial score (nSPS) is 10.8. The highest BCUT2D eigenvalue weighted by Crippen LogP contribution is 2.30. The molecular weight excluding hydrogens is 436 g/mol. The molecule has 0 aliphatic carbocycles. The molecule has 0 aliphatic heterocycles. The topological polar surface area (TPSA) is 25.8 Å². The first-order chi connectivity index (χ1) is 17.8. The van der Waals surface area contributed by atoms with Crippen LogP contribution in [0.15, 0.2) is 146 Å². The van der Waals surface area contributed by atoms with Crippen molar-refractivity contribution in [3.8, 4) is 55.6 Å². The molecule has 170 valence electrons. The lowest BCUT2D eigenvalue weighted by Crippen LogP contribution is -1.83. The van der Waals surface area contributed by atoms with E-state index >= 15 is 0 Å². The Bertz CT molecular complexity index is 1430. The maximum absolute atomic E-state index is 4.10. The van der Waals surface area contributed by atoms with E-state index < -0.39 is 0 Å². The van der Waals surface area contributed by atoms with Crippen molar-refractivity contribution in [3.63, 3.8) is 0 Å². The molecule has 2 aromatic heterocycles. The maximum atomic E-state index is 4.10. The lowest BCUT2D eigenvalue weighted by Gasteiger charge is -2.08. The fourth-order valence-corrected chi connectivity index (χ4v) is 4.51. The summed E-state index contributed by atoms with van der Waals surface area (Å²) in [5, 5.41) is 0. The van der Waals surface area contributed by atoms with E-state index in [-0.39, 0.29) is 0 Å². The summed E-state index contributed by atoms with van der Waals surface area (Å²) in [6.45, 7) is 0. The van der Waals surface area contributed by atoms with Crippen LogP contribution in [0, 0.1) is 0 Å². The number of benzene rings is 4. The zero-order chi connectivity index (χ0) is 24.2. The zero-order valence-electron chi connectivity index (χ0n) is 19.8. The Hall–Kier alpha value is -4.82. The largest absolute Gasteiger partial charge is 0.265 e. The lowest BCUT2D eigenvalue weighted by molar-refractivity contribution is 1.33. The molecule has 0 N–H and O–H groups in total. The van der Waals surface area contributed by atoms with Crippen LogP contribution < -0.4 is 0 Å². The van der Waals surface area contributed by atoms with Gasteiger partial charge in [0, 0.05) is 24.8 Å². The molecule has 4 aromatic carbocycles. The van der Waals surface area contributed by atoms with Crippen molar-refractivity contribution < 1.29 is 0 Å². The molecule has 36 heavy (non-hydrogen) atoms. The van der Waals surface area contributed by atoms with Gasteiger partial charge in [-0.15, -0.1) is 0 Å². The van der Waals surface area contributed by atoms with Crippen molar-refractivity contribution in [2.24, 2.45) is 0 Å². The number of hydrogen-bond acceptors (Lipinski definition) is 2. The van der Waals surface area contributed by atoms with Crippen molar-refractivity contribution in [1.29, 1.82) is 0 Å². The molecule has 0 bridgehead atoms. The summed E-state index contributed by atoms with van der Waals surface area (Å²) in [4.78, 5) is 8.20. The van der Waals surface area contributed by atoms with Crippen molar-refractivity contribution >= 4 is 0 Å². The van der Waals surface area contributed by atoms with E-state index in [0.717, 1.165) is 0 Å². The van der Waals surface area contributed by atoms with Gasteiger partial charge >= 0.3 is 0 Å². The molecule has 2 heteroatoms. The second-order valence-corrected chi connectivity index (χ2v) is 8.78. The molecule has 6 aromatic rings. The average Bonchev–Trinajstić information content (AvgIpc) is 2.98.